The summed E-state index contributed by atoms with van der Waals surface area (Å²) < 4.78 is 0. The molecule has 0 amide bonds. The van der Waals surface area contributed by atoms with E-state index in [4.69, 9.17) is 10.4 Å². The van der Waals surface area contributed by atoms with E-state index in [2.05, 4.69) is 15.5 Å². The van der Waals surface area contributed by atoms with Gasteiger partial charge in [0.2, 0.25) is 0 Å². The van der Waals surface area contributed by atoms with Crippen molar-refractivity contribution in [2.75, 3.05) is 18.5 Å². The smallest absolute Gasteiger partial charge is 0.166 e. The second-order valence-corrected chi connectivity index (χ2v) is 4.40. The SMILES string of the molecule is CC(C)(CCO)CNc1nnccc1C#N. The first-order valence-electron chi connectivity index (χ1n) is 5.15. The lowest BCUT2D eigenvalue weighted by molar-refractivity contribution is 0.220. The van der Waals surface area contributed by atoms with Gasteiger partial charge in [0.1, 0.15) is 6.07 Å². The lowest BCUT2D eigenvalue weighted by atomic mass is 9.90. The maximum absolute atomic E-state index is 8.89. The zero-order valence-corrected chi connectivity index (χ0v) is 9.56. The Morgan fingerprint density at radius 1 is 1.56 bits per heavy atom. The minimum Gasteiger partial charge on any atom is -0.396 e. The van der Waals surface area contributed by atoms with Gasteiger partial charge in [0, 0.05) is 13.2 Å². The number of nitriles is 1. The molecule has 0 atom stereocenters. The minimum atomic E-state index is -0.0427. The third kappa shape index (κ3) is 3.48. The van der Waals surface area contributed by atoms with Crippen LogP contribution in [-0.2, 0) is 0 Å². The van der Waals surface area contributed by atoms with Gasteiger partial charge in [-0.05, 0) is 17.9 Å². The van der Waals surface area contributed by atoms with E-state index in [9.17, 15) is 0 Å². The van der Waals surface area contributed by atoms with Crippen LogP contribution in [-0.4, -0.2) is 28.5 Å². The van der Waals surface area contributed by atoms with Crippen molar-refractivity contribution in [3.05, 3.63) is 17.8 Å². The molecule has 1 aromatic heterocycles. The van der Waals surface area contributed by atoms with Crippen LogP contribution < -0.4 is 5.32 Å². The summed E-state index contributed by atoms with van der Waals surface area (Å²) in [5.74, 6) is 0.496. The summed E-state index contributed by atoms with van der Waals surface area (Å²) >= 11 is 0. The fraction of sp³-hybridized carbons (Fsp3) is 0.545. The highest BCUT2D eigenvalue weighted by Gasteiger charge is 2.17. The second kappa shape index (κ2) is 5.42. The van der Waals surface area contributed by atoms with Crippen LogP contribution in [0.15, 0.2) is 12.3 Å². The summed E-state index contributed by atoms with van der Waals surface area (Å²) in [5, 5.41) is 28.4. The quantitative estimate of drug-likeness (QED) is 0.778. The number of rotatable bonds is 5. The topological polar surface area (TPSA) is 81.8 Å². The van der Waals surface area contributed by atoms with E-state index in [1.807, 2.05) is 19.9 Å². The molecule has 0 aliphatic heterocycles. The molecule has 0 unspecified atom stereocenters. The van der Waals surface area contributed by atoms with Gasteiger partial charge in [-0.15, -0.1) is 5.10 Å². The molecule has 0 spiro atoms. The van der Waals surface area contributed by atoms with Crippen LogP contribution in [0.25, 0.3) is 0 Å². The summed E-state index contributed by atoms with van der Waals surface area (Å²) in [6.45, 7) is 4.87. The summed E-state index contributed by atoms with van der Waals surface area (Å²) in [5.41, 5.74) is 0.439. The van der Waals surface area contributed by atoms with Gasteiger partial charge in [-0.3, -0.25) is 0 Å². The highest BCUT2D eigenvalue weighted by Crippen LogP contribution is 2.20. The van der Waals surface area contributed by atoms with E-state index in [0.717, 1.165) is 0 Å². The van der Waals surface area contributed by atoms with Crippen molar-refractivity contribution in [1.82, 2.24) is 10.2 Å². The summed E-state index contributed by atoms with van der Waals surface area (Å²) in [6, 6.07) is 3.67. The molecule has 1 heterocycles. The van der Waals surface area contributed by atoms with Crippen LogP contribution in [0.5, 0.6) is 0 Å². The van der Waals surface area contributed by atoms with E-state index in [0.29, 0.717) is 24.3 Å². The third-order valence-electron chi connectivity index (χ3n) is 2.36. The Balaban J connectivity index is 2.65. The zero-order valence-electron chi connectivity index (χ0n) is 9.56. The number of anilines is 1. The second-order valence-electron chi connectivity index (χ2n) is 4.40. The molecule has 1 rings (SSSR count). The first-order valence-corrected chi connectivity index (χ1v) is 5.15. The first-order chi connectivity index (χ1) is 7.59. The van der Waals surface area contributed by atoms with Crippen LogP contribution in [0.4, 0.5) is 5.82 Å². The monoisotopic (exact) mass is 220 g/mol. The molecule has 0 radical (unpaired) electrons. The summed E-state index contributed by atoms with van der Waals surface area (Å²) in [4.78, 5) is 0. The molecule has 0 fully saturated rings. The molecular weight excluding hydrogens is 204 g/mol. The Hall–Kier alpha value is -1.67. The van der Waals surface area contributed by atoms with Crippen molar-refractivity contribution >= 4 is 5.82 Å². The molecule has 1 aromatic rings. The zero-order chi connectivity index (χ0) is 12.0. The lowest BCUT2D eigenvalue weighted by Crippen LogP contribution is -2.25. The number of aliphatic hydroxyl groups excluding tert-OH is 1. The Labute approximate surface area is 95.1 Å². The standard InChI is InChI=1S/C11H16N4O/c1-11(2,4-6-16)8-13-10-9(7-12)3-5-14-15-10/h3,5,16H,4,6,8H2,1-2H3,(H,13,15). The average Bonchev–Trinajstić information content (AvgIpc) is 2.27. The Bertz CT molecular complexity index is 384. The fourth-order valence-corrected chi connectivity index (χ4v) is 1.27. The molecule has 5 nitrogen and oxygen atoms in total. The third-order valence-corrected chi connectivity index (χ3v) is 2.36. The number of nitrogens with zero attached hydrogens (tertiary/aromatic N) is 3. The average molecular weight is 220 g/mol. The molecule has 0 aromatic carbocycles. The molecule has 0 aliphatic carbocycles. The van der Waals surface area contributed by atoms with Crippen molar-refractivity contribution in [3.63, 3.8) is 0 Å². The van der Waals surface area contributed by atoms with Gasteiger partial charge in [0.15, 0.2) is 5.82 Å². The van der Waals surface area contributed by atoms with Gasteiger partial charge >= 0.3 is 0 Å². The summed E-state index contributed by atoms with van der Waals surface area (Å²) in [6.07, 6.45) is 2.19. The van der Waals surface area contributed by atoms with Crippen LogP contribution in [0.2, 0.25) is 0 Å². The largest absolute Gasteiger partial charge is 0.396 e. The Morgan fingerprint density at radius 2 is 2.31 bits per heavy atom. The van der Waals surface area contributed by atoms with Gasteiger partial charge in [-0.1, -0.05) is 13.8 Å². The van der Waals surface area contributed by atoms with Crippen molar-refractivity contribution in [3.8, 4) is 6.07 Å². The van der Waals surface area contributed by atoms with E-state index in [-0.39, 0.29) is 12.0 Å². The van der Waals surface area contributed by atoms with Crippen LogP contribution in [0.1, 0.15) is 25.8 Å². The van der Waals surface area contributed by atoms with Gasteiger partial charge in [-0.25, -0.2) is 0 Å². The number of aliphatic hydroxyl groups is 1. The van der Waals surface area contributed by atoms with Gasteiger partial charge in [0.05, 0.1) is 11.8 Å². The maximum Gasteiger partial charge on any atom is 0.166 e. The molecule has 0 saturated carbocycles. The maximum atomic E-state index is 8.89. The predicted octanol–water partition coefficient (Wildman–Crippen LogP) is 1.17. The normalized spacial score (nSPS) is 10.9. The molecule has 0 saturated heterocycles. The Kier molecular flexibility index (Phi) is 4.20. The molecule has 2 N–H and O–H groups in total. The lowest BCUT2D eigenvalue weighted by Gasteiger charge is -2.24. The number of hydrogen-bond donors (Lipinski definition) is 2. The minimum absolute atomic E-state index is 0.0427. The Morgan fingerprint density at radius 3 is 2.94 bits per heavy atom. The number of hydrogen-bond acceptors (Lipinski definition) is 5. The molecular formula is C11H16N4O. The van der Waals surface area contributed by atoms with Gasteiger partial charge < -0.3 is 10.4 Å². The molecule has 0 aliphatic rings. The number of nitrogens with one attached hydrogen (secondary N) is 1. The predicted molar refractivity (Wildman–Crippen MR) is 60.7 cm³/mol. The first kappa shape index (κ1) is 12.4. The number of aromatic nitrogens is 2. The van der Waals surface area contributed by atoms with E-state index in [1.54, 1.807) is 6.07 Å². The van der Waals surface area contributed by atoms with Crippen molar-refractivity contribution < 1.29 is 5.11 Å². The van der Waals surface area contributed by atoms with Gasteiger partial charge in [0.25, 0.3) is 0 Å². The fourth-order valence-electron chi connectivity index (χ4n) is 1.27. The van der Waals surface area contributed by atoms with Crippen LogP contribution in [0, 0.1) is 16.7 Å². The highest BCUT2D eigenvalue weighted by atomic mass is 16.3. The van der Waals surface area contributed by atoms with E-state index >= 15 is 0 Å². The van der Waals surface area contributed by atoms with Crippen molar-refractivity contribution in [2.45, 2.75) is 20.3 Å². The van der Waals surface area contributed by atoms with E-state index in [1.165, 1.54) is 6.20 Å². The van der Waals surface area contributed by atoms with E-state index < -0.39 is 0 Å². The molecule has 5 heteroatoms. The van der Waals surface area contributed by atoms with Crippen molar-refractivity contribution in [2.24, 2.45) is 5.41 Å². The molecule has 16 heavy (non-hydrogen) atoms. The highest BCUT2D eigenvalue weighted by molar-refractivity contribution is 5.50. The summed E-state index contributed by atoms with van der Waals surface area (Å²) in [7, 11) is 0. The van der Waals surface area contributed by atoms with Gasteiger partial charge in [-0.2, -0.15) is 10.4 Å². The van der Waals surface area contributed by atoms with Crippen LogP contribution >= 0.6 is 0 Å². The van der Waals surface area contributed by atoms with Crippen LogP contribution in [0.3, 0.4) is 0 Å². The molecule has 0 bridgehead atoms. The molecule has 86 valence electrons. The van der Waals surface area contributed by atoms with Crippen molar-refractivity contribution in [1.29, 1.82) is 5.26 Å².